The molecule has 0 bridgehead atoms. The van der Waals surface area contributed by atoms with Crippen molar-refractivity contribution in [1.82, 2.24) is 0 Å². The fraction of sp³-hybridized carbons (Fsp3) is 0.714. The molecule has 4 rings (SSSR count). The summed E-state index contributed by atoms with van der Waals surface area (Å²) in [6.07, 6.45) is 23.2. The van der Waals surface area contributed by atoms with Crippen molar-refractivity contribution in [2.45, 2.75) is 98.0 Å². The molecule has 0 aliphatic heterocycles. The highest BCUT2D eigenvalue weighted by Crippen LogP contribution is 2.58. The van der Waals surface area contributed by atoms with Crippen LogP contribution in [0.1, 0.15) is 91.9 Å². The van der Waals surface area contributed by atoms with Crippen LogP contribution in [0.5, 0.6) is 0 Å². The summed E-state index contributed by atoms with van der Waals surface area (Å²) in [4.78, 5) is 0. The van der Waals surface area contributed by atoms with E-state index in [2.05, 4.69) is 44.7 Å². The summed E-state index contributed by atoms with van der Waals surface area (Å²) >= 11 is 0. The van der Waals surface area contributed by atoms with Crippen LogP contribution in [-0.2, 0) is 0 Å². The van der Waals surface area contributed by atoms with Gasteiger partial charge in [-0.05, 0) is 111 Å². The summed E-state index contributed by atoms with van der Waals surface area (Å²) in [5.74, 6) is 2.75. The van der Waals surface area contributed by atoms with E-state index in [4.69, 9.17) is 0 Å². The second-order valence-electron chi connectivity index (χ2n) is 10.4. The number of aliphatic hydroxyl groups is 1. The number of rotatable bonds is 5. The second-order valence-corrected chi connectivity index (χ2v) is 10.4. The molecule has 1 nitrogen and oxygen atoms in total. The maximum Gasteiger partial charge on any atom is 0.0749 e. The maximum absolute atomic E-state index is 10.1. The highest BCUT2D eigenvalue weighted by molar-refractivity contribution is 5.36. The molecule has 5 unspecified atom stereocenters. The van der Waals surface area contributed by atoms with Crippen LogP contribution < -0.4 is 0 Å². The topological polar surface area (TPSA) is 20.2 Å². The number of fused-ring (bicyclic) bond motifs is 1. The summed E-state index contributed by atoms with van der Waals surface area (Å²) < 4.78 is 0. The molecule has 0 aromatic rings. The minimum absolute atomic E-state index is 0. The lowest BCUT2D eigenvalue weighted by Crippen LogP contribution is -2.33. The molecule has 1 heteroatoms. The van der Waals surface area contributed by atoms with Crippen molar-refractivity contribution in [1.29, 1.82) is 0 Å². The molecule has 0 aromatic carbocycles. The largest absolute Gasteiger partial charge is 0.389 e. The number of allylic oxidation sites excluding steroid dienone is 6. The predicted octanol–water partition coefficient (Wildman–Crippen LogP) is 7.79. The third-order valence-electron chi connectivity index (χ3n) is 8.61. The van der Waals surface area contributed by atoms with Crippen LogP contribution in [0.15, 0.2) is 47.6 Å². The first-order valence-electron chi connectivity index (χ1n) is 11.9. The maximum atomic E-state index is 10.1. The first-order chi connectivity index (χ1) is 13.5. The Hall–Kier alpha value is -1.08. The Morgan fingerprint density at radius 2 is 1.90 bits per heavy atom. The van der Waals surface area contributed by atoms with Gasteiger partial charge in [-0.3, -0.25) is 0 Å². The molecule has 4 aliphatic rings. The van der Waals surface area contributed by atoms with Gasteiger partial charge in [0.15, 0.2) is 0 Å². The molecule has 4 aliphatic carbocycles. The zero-order valence-corrected chi connectivity index (χ0v) is 18.1. The van der Waals surface area contributed by atoms with E-state index in [0.29, 0.717) is 17.3 Å². The molecule has 4 saturated carbocycles. The highest BCUT2D eigenvalue weighted by atomic mass is 16.3. The van der Waals surface area contributed by atoms with Gasteiger partial charge in [0, 0.05) is 0 Å². The normalized spacial score (nSPS) is 39.0. The van der Waals surface area contributed by atoms with E-state index in [1.165, 1.54) is 75.4 Å². The van der Waals surface area contributed by atoms with E-state index in [1.54, 1.807) is 5.57 Å². The van der Waals surface area contributed by atoms with E-state index in [9.17, 15) is 5.11 Å². The minimum atomic E-state index is -0.190. The lowest BCUT2D eigenvalue weighted by atomic mass is 9.63. The molecule has 0 heterocycles. The third-order valence-corrected chi connectivity index (χ3v) is 8.61. The lowest BCUT2D eigenvalue weighted by molar-refractivity contribution is 0.136. The fourth-order valence-corrected chi connectivity index (χ4v) is 6.36. The Bertz CT molecular complexity index is 676. The summed E-state index contributed by atoms with van der Waals surface area (Å²) in [5.41, 5.74) is 5.04. The zero-order valence-electron chi connectivity index (χ0n) is 18.1. The van der Waals surface area contributed by atoms with E-state index >= 15 is 0 Å². The summed E-state index contributed by atoms with van der Waals surface area (Å²) in [6.45, 7) is 9.26. The van der Waals surface area contributed by atoms with Crippen LogP contribution in [-0.4, -0.2) is 11.2 Å². The smallest absolute Gasteiger partial charge is 0.0749 e. The number of aliphatic hydroxyl groups excluding tert-OH is 1. The monoisotopic (exact) mass is 396 g/mol. The molecule has 29 heavy (non-hydrogen) atoms. The van der Waals surface area contributed by atoms with Crippen molar-refractivity contribution in [3.8, 4) is 0 Å². The van der Waals surface area contributed by atoms with Crippen LogP contribution >= 0.6 is 0 Å². The molecular formula is C28H44O. The van der Waals surface area contributed by atoms with Crippen molar-refractivity contribution in [2.24, 2.45) is 29.1 Å². The van der Waals surface area contributed by atoms with Crippen LogP contribution in [0.25, 0.3) is 0 Å². The fourth-order valence-electron chi connectivity index (χ4n) is 6.36. The average Bonchev–Trinajstić information content (AvgIpc) is 3.47. The van der Waals surface area contributed by atoms with E-state index in [-0.39, 0.29) is 13.5 Å². The Labute approximate surface area is 180 Å². The van der Waals surface area contributed by atoms with E-state index < -0.39 is 0 Å². The summed E-state index contributed by atoms with van der Waals surface area (Å²) in [5, 5.41) is 10.1. The molecule has 162 valence electrons. The van der Waals surface area contributed by atoms with E-state index in [0.717, 1.165) is 18.3 Å². The molecule has 0 spiro atoms. The predicted molar refractivity (Wildman–Crippen MR) is 126 cm³/mol. The lowest BCUT2D eigenvalue weighted by Gasteiger charge is -2.42. The van der Waals surface area contributed by atoms with Crippen LogP contribution in [0.4, 0.5) is 0 Å². The minimum Gasteiger partial charge on any atom is -0.389 e. The number of hydrogen-bond acceptors (Lipinski definition) is 1. The van der Waals surface area contributed by atoms with Crippen molar-refractivity contribution in [2.75, 3.05) is 0 Å². The van der Waals surface area contributed by atoms with Gasteiger partial charge >= 0.3 is 0 Å². The Balaban J connectivity index is 0.00000240. The molecule has 0 amide bonds. The molecule has 0 radical (unpaired) electrons. The van der Waals surface area contributed by atoms with Gasteiger partial charge in [-0.25, -0.2) is 0 Å². The standard InChI is InChI=1S/C27H40O.CH4/c1-19-7-4-8-21(20(19)2)12-13-22-9-6-18-27(3)24(16-17-25(22)27)10-5-11-26(28)23-14-15-23;/h5,11-13,19,23-26,28H,2,4,6-10,14-18H2,1,3H3;1H4/b11-5+,21-12-,22-13+;. The van der Waals surface area contributed by atoms with Gasteiger partial charge in [-0.15, -0.1) is 0 Å². The Kier molecular flexibility index (Phi) is 7.31. The van der Waals surface area contributed by atoms with Crippen molar-refractivity contribution >= 4 is 0 Å². The quantitative estimate of drug-likeness (QED) is 0.470. The molecular weight excluding hydrogens is 352 g/mol. The molecule has 4 fully saturated rings. The molecule has 0 aromatic heterocycles. The SMILES string of the molecule is C.C=C1/C(=C\C=C2/CCCC3(C)C(C/C=C/C(O)C4CC4)CCC23)CCCC1C. The van der Waals surface area contributed by atoms with Crippen molar-refractivity contribution in [3.05, 3.63) is 47.6 Å². The summed E-state index contributed by atoms with van der Waals surface area (Å²) in [7, 11) is 0. The first kappa shape index (κ1) is 22.6. The first-order valence-corrected chi connectivity index (χ1v) is 11.9. The van der Waals surface area contributed by atoms with Crippen LogP contribution in [0.2, 0.25) is 0 Å². The highest BCUT2D eigenvalue weighted by Gasteiger charge is 2.48. The zero-order chi connectivity index (χ0) is 19.7. The van der Waals surface area contributed by atoms with E-state index in [1.807, 2.05) is 0 Å². The van der Waals surface area contributed by atoms with Gasteiger partial charge in [-0.2, -0.15) is 0 Å². The Morgan fingerprint density at radius 3 is 2.66 bits per heavy atom. The van der Waals surface area contributed by atoms with Gasteiger partial charge in [0.25, 0.3) is 0 Å². The molecule has 0 saturated heterocycles. The van der Waals surface area contributed by atoms with Gasteiger partial charge in [0.1, 0.15) is 0 Å². The van der Waals surface area contributed by atoms with Gasteiger partial charge in [0.05, 0.1) is 6.10 Å². The van der Waals surface area contributed by atoms with Gasteiger partial charge in [-0.1, -0.05) is 57.7 Å². The van der Waals surface area contributed by atoms with Gasteiger partial charge in [0.2, 0.25) is 0 Å². The molecule has 5 atom stereocenters. The summed E-state index contributed by atoms with van der Waals surface area (Å²) in [6, 6.07) is 0. The molecule has 1 N–H and O–H groups in total. The Morgan fingerprint density at radius 1 is 1.10 bits per heavy atom. The van der Waals surface area contributed by atoms with Crippen molar-refractivity contribution in [3.63, 3.8) is 0 Å². The average molecular weight is 397 g/mol. The third kappa shape index (κ3) is 4.82. The van der Waals surface area contributed by atoms with Crippen molar-refractivity contribution < 1.29 is 5.11 Å². The van der Waals surface area contributed by atoms with Crippen LogP contribution in [0.3, 0.4) is 0 Å². The van der Waals surface area contributed by atoms with Crippen LogP contribution in [0, 0.1) is 29.1 Å². The van der Waals surface area contributed by atoms with Gasteiger partial charge < -0.3 is 5.11 Å². The second kappa shape index (κ2) is 9.38. The number of hydrogen-bond donors (Lipinski definition) is 1.